The molecular weight excluding hydrogens is 480 g/mol. The number of hydrogen-bond donors (Lipinski definition) is 1. The molecule has 0 amide bonds. The summed E-state index contributed by atoms with van der Waals surface area (Å²) in [5, 5.41) is 4.24. The molecule has 1 N–H and O–H groups in total. The normalized spacial score (nSPS) is 21.3. The van der Waals surface area contributed by atoms with Crippen molar-refractivity contribution in [1.29, 1.82) is 0 Å². The number of benzene rings is 2. The first-order valence-electron chi connectivity index (χ1n) is 12.8. The molecule has 2 fully saturated rings. The molecule has 2 saturated heterocycles. The Hall–Kier alpha value is -3.68. The van der Waals surface area contributed by atoms with E-state index in [0.29, 0.717) is 5.11 Å². The highest BCUT2D eigenvalue weighted by Crippen LogP contribution is 2.42. The Morgan fingerprint density at radius 2 is 1.78 bits per heavy atom. The quantitative estimate of drug-likeness (QED) is 0.293. The summed E-state index contributed by atoms with van der Waals surface area (Å²) in [6.45, 7) is 3.74. The molecule has 6 rings (SSSR count). The Kier molecular flexibility index (Phi) is 6.64. The summed E-state index contributed by atoms with van der Waals surface area (Å²) >= 11 is 5.91. The molecule has 0 spiro atoms. The number of thiocarbonyl (C=S) groups is 1. The maximum atomic E-state index is 6.07. The number of nitrogens with one attached hydrogen (secondary N) is 1. The summed E-state index contributed by atoms with van der Waals surface area (Å²) in [4.78, 5) is 6.88. The first-order chi connectivity index (χ1) is 18.2. The Labute approximate surface area is 222 Å². The molecule has 2 aliphatic rings. The molecule has 2 aliphatic heterocycles. The van der Waals surface area contributed by atoms with Gasteiger partial charge in [0.25, 0.3) is 0 Å². The molecule has 0 radical (unpaired) electrons. The third-order valence-corrected chi connectivity index (χ3v) is 7.38. The minimum absolute atomic E-state index is 0.0670. The van der Waals surface area contributed by atoms with E-state index in [1.165, 1.54) is 11.3 Å². The number of aromatic nitrogens is 2. The number of nitrogens with zero attached hydrogens (tertiary/aromatic N) is 3. The number of pyridine rings is 1. The van der Waals surface area contributed by atoms with Gasteiger partial charge >= 0.3 is 0 Å². The average molecular weight is 511 g/mol. The van der Waals surface area contributed by atoms with Gasteiger partial charge in [-0.1, -0.05) is 23.8 Å². The molecule has 0 unspecified atom stereocenters. The standard InChI is InChI=1S/C30H30N4O2S/c1-21-9-13-23(14-10-21)36-24-15-11-22(12-16-24)34-29(28(32-30(34)37)26-7-2-3-17-31-26)27-8-4-18-33(27)20-25-6-5-19-35-25/h2-4,7-18,25,28-29H,5-6,19-20H2,1H3,(H,32,37)/t25-,28-,29+/m1/s1. The Bertz CT molecular complexity index is 1350. The average Bonchev–Trinajstić information content (AvgIpc) is 3.67. The van der Waals surface area contributed by atoms with Crippen LogP contribution in [0.2, 0.25) is 0 Å². The van der Waals surface area contributed by atoms with Gasteiger partial charge in [0.2, 0.25) is 0 Å². The van der Waals surface area contributed by atoms with E-state index in [9.17, 15) is 0 Å². The fourth-order valence-corrected chi connectivity index (χ4v) is 5.57. The minimum Gasteiger partial charge on any atom is -0.457 e. The van der Waals surface area contributed by atoms with Crippen LogP contribution in [0.1, 0.15) is 41.9 Å². The summed E-state index contributed by atoms with van der Waals surface area (Å²) in [7, 11) is 0. The van der Waals surface area contributed by atoms with Crippen molar-refractivity contribution in [2.75, 3.05) is 11.5 Å². The maximum absolute atomic E-state index is 6.07. The molecule has 2 aromatic heterocycles. The summed E-state index contributed by atoms with van der Waals surface area (Å²) in [6.07, 6.45) is 6.44. The van der Waals surface area contributed by atoms with Gasteiger partial charge in [0, 0.05) is 36.9 Å². The van der Waals surface area contributed by atoms with E-state index in [4.69, 9.17) is 21.7 Å². The molecule has 0 bridgehead atoms. The van der Waals surface area contributed by atoms with Crippen LogP contribution in [0, 0.1) is 6.92 Å². The van der Waals surface area contributed by atoms with Crippen molar-refractivity contribution in [3.05, 3.63) is 108 Å². The zero-order valence-electron chi connectivity index (χ0n) is 20.8. The van der Waals surface area contributed by atoms with Crippen LogP contribution in [0.25, 0.3) is 0 Å². The van der Waals surface area contributed by atoms with Crippen molar-refractivity contribution < 1.29 is 9.47 Å². The fraction of sp³-hybridized carbons (Fsp3) is 0.267. The SMILES string of the molecule is Cc1ccc(Oc2ccc(N3C(=S)N[C@H](c4ccccn4)[C@@H]3c3cccn3C[C@H]3CCCO3)cc2)cc1. The lowest BCUT2D eigenvalue weighted by atomic mass is 10.0. The van der Waals surface area contributed by atoms with E-state index >= 15 is 0 Å². The number of hydrogen-bond acceptors (Lipinski definition) is 4. The van der Waals surface area contributed by atoms with Gasteiger partial charge in [-0.15, -0.1) is 0 Å². The topological polar surface area (TPSA) is 51.5 Å². The largest absolute Gasteiger partial charge is 0.457 e. The smallest absolute Gasteiger partial charge is 0.174 e. The third kappa shape index (κ3) is 4.97. The van der Waals surface area contributed by atoms with E-state index in [1.54, 1.807) is 0 Å². The second-order valence-electron chi connectivity index (χ2n) is 9.63. The van der Waals surface area contributed by atoms with Gasteiger partial charge in [0.05, 0.1) is 17.8 Å². The molecule has 0 saturated carbocycles. The van der Waals surface area contributed by atoms with Crippen LogP contribution in [0.15, 0.2) is 91.3 Å². The van der Waals surface area contributed by atoms with Crippen molar-refractivity contribution >= 4 is 23.0 Å². The highest BCUT2D eigenvalue weighted by atomic mass is 32.1. The van der Waals surface area contributed by atoms with Gasteiger partial charge in [0.1, 0.15) is 17.5 Å². The molecule has 2 aromatic carbocycles. The summed E-state index contributed by atoms with van der Waals surface area (Å²) in [6, 6.07) is 26.4. The first kappa shape index (κ1) is 23.7. The monoisotopic (exact) mass is 510 g/mol. The number of aryl methyl sites for hydroxylation is 1. The first-order valence-corrected chi connectivity index (χ1v) is 13.2. The zero-order chi connectivity index (χ0) is 25.2. The molecule has 7 heteroatoms. The maximum Gasteiger partial charge on any atom is 0.174 e. The third-order valence-electron chi connectivity index (χ3n) is 7.06. The predicted octanol–water partition coefficient (Wildman–Crippen LogP) is 6.34. The van der Waals surface area contributed by atoms with E-state index in [-0.39, 0.29) is 18.2 Å². The fourth-order valence-electron chi connectivity index (χ4n) is 5.22. The summed E-state index contributed by atoms with van der Waals surface area (Å²) in [5.41, 5.74) is 4.34. The van der Waals surface area contributed by atoms with Crippen LogP contribution in [-0.4, -0.2) is 27.4 Å². The van der Waals surface area contributed by atoms with Gasteiger partial charge in [0.15, 0.2) is 5.11 Å². The van der Waals surface area contributed by atoms with Crippen LogP contribution in [0.4, 0.5) is 5.69 Å². The highest BCUT2D eigenvalue weighted by Gasteiger charge is 2.42. The molecule has 37 heavy (non-hydrogen) atoms. The number of rotatable bonds is 7. The van der Waals surface area contributed by atoms with E-state index in [2.05, 4.69) is 63.2 Å². The van der Waals surface area contributed by atoms with Gasteiger partial charge in [-0.2, -0.15) is 0 Å². The van der Waals surface area contributed by atoms with Gasteiger partial charge < -0.3 is 24.3 Å². The second-order valence-corrected chi connectivity index (χ2v) is 10.0. The lowest BCUT2D eigenvalue weighted by molar-refractivity contribution is 0.0961. The van der Waals surface area contributed by atoms with Crippen LogP contribution in [0.3, 0.4) is 0 Å². The lowest BCUT2D eigenvalue weighted by Crippen LogP contribution is -2.31. The molecule has 4 heterocycles. The van der Waals surface area contributed by atoms with E-state index in [0.717, 1.165) is 48.9 Å². The molecule has 188 valence electrons. The Balaban J connectivity index is 1.33. The van der Waals surface area contributed by atoms with Crippen molar-refractivity contribution in [1.82, 2.24) is 14.9 Å². The molecular formula is C30H30N4O2S. The van der Waals surface area contributed by atoms with Crippen molar-refractivity contribution in [2.24, 2.45) is 0 Å². The molecule has 6 nitrogen and oxygen atoms in total. The van der Waals surface area contributed by atoms with E-state index < -0.39 is 0 Å². The van der Waals surface area contributed by atoms with Crippen molar-refractivity contribution in [3.8, 4) is 11.5 Å². The Morgan fingerprint density at radius 1 is 1.00 bits per heavy atom. The van der Waals surface area contributed by atoms with Gasteiger partial charge in [-0.05, 0) is 92.6 Å². The van der Waals surface area contributed by atoms with E-state index in [1.807, 2.05) is 54.7 Å². The summed E-state index contributed by atoms with van der Waals surface area (Å²) < 4.78 is 14.3. The molecule has 3 atom stereocenters. The van der Waals surface area contributed by atoms with Crippen LogP contribution in [-0.2, 0) is 11.3 Å². The number of ether oxygens (including phenoxy) is 2. The van der Waals surface area contributed by atoms with Gasteiger partial charge in [-0.25, -0.2) is 0 Å². The van der Waals surface area contributed by atoms with Crippen LogP contribution < -0.4 is 15.0 Å². The Morgan fingerprint density at radius 3 is 2.49 bits per heavy atom. The molecule has 0 aliphatic carbocycles. The van der Waals surface area contributed by atoms with Crippen LogP contribution in [0.5, 0.6) is 11.5 Å². The molecule has 4 aromatic rings. The lowest BCUT2D eigenvalue weighted by Gasteiger charge is -2.29. The number of anilines is 1. The van der Waals surface area contributed by atoms with Crippen LogP contribution >= 0.6 is 12.2 Å². The predicted molar refractivity (Wildman–Crippen MR) is 149 cm³/mol. The minimum atomic E-state index is -0.0877. The highest BCUT2D eigenvalue weighted by molar-refractivity contribution is 7.80. The zero-order valence-corrected chi connectivity index (χ0v) is 21.6. The van der Waals surface area contributed by atoms with Crippen molar-refractivity contribution in [2.45, 2.75) is 44.5 Å². The van der Waals surface area contributed by atoms with Crippen molar-refractivity contribution in [3.63, 3.8) is 0 Å². The second kappa shape index (κ2) is 10.4. The summed E-state index contributed by atoms with van der Waals surface area (Å²) in [5.74, 6) is 1.60. The van der Waals surface area contributed by atoms with Gasteiger partial charge in [-0.3, -0.25) is 4.98 Å².